The number of nitrogens with one attached hydrogen (secondary N) is 1. The number of carbonyl (C=O) groups excluding carboxylic acids is 1. The van der Waals surface area contributed by atoms with E-state index in [0.717, 1.165) is 0 Å². The minimum atomic E-state index is -4.13. The van der Waals surface area contributed by atoms with Gasteiger partial charge in [0.25, 0.3) is 5.91 Å². The molecule has 9 nitrogen and oxygen atoms in total. The molecule has 0 radical (unpaired) electrons. The number of rotatable bonds is 9. The molecule has 0 aliphatic carbocycles. The molecule has 0 bridgehead atoms. The zero-order valence-corrected chi connectivity index (χ0v) is 20.8. The monoisotopic (exact) mass is 505 g/mol. The summed E-state index contributed by atoms with van der Waals surface area (Å²) in [5, 5.41) is 13.7. The van der Waals surface area contributed by atoms with E-state index in [1.165, 1.54) is 22.9 Å². The van der Waals surface area contributed by atoms with Gasteiger partial charge in [0.1, 0.15) is 21.2 Å². The molecule has 0 saturated heterocycles. The standard InChI is InChI=1S/C23H27N3O6S2/c1-4-13-33(29,30)21-19-16(3)9-8-12-26(19)20(22(21)34(31,32)14-5-2)23(28)25-24-15-17-10-6-7-11-18(17)27/h6-12,15,27H,4-5,13-14H2,1-3H3,(H,25,28). The molecule has 0 unspecified atom stereocenters. The van der Waals surface area contributed by atoms with Crippen LogP contribution in [0.2, 0.25) is 0 Å². The van der Waals surface area contributed by atoms with Gasteiger partial charge in [0, 0.05) is 11.8 Å². The number of para-hydroxylation sites is 1. The van der Waals surface area contributed by atoms with Crippen LogP contribution < -0.4 is 5.43 Å². The minimum Gasteiger partial charge on any atom is -0.507 e. The number of aromatic hydroxyl groups is 1. The Hall–Kier alpha value is -3.18. The summed E-state index contributed by atoms with van der Waals surface area (Å²) in [4.78, 5) is 12.4. The molecular weight excluding hydrogens is 478 g/mol. The lowest BCUT2D eigenvalue weighted by molar-refractivity contribution is 0.0945. The summed E-state index contributed by atoms with van der Waals surface area (Å²) >= 11 is 0. The molecule has 2 N–H and O–H groups in total. The van der Waals surface area contributed by atoms with Gasteiger partial charge in [-0.1, -0.05) is 32.0 Å². The van der Waals surface area contributed by atoms with Crippen molar-refractivity contribution in [2.45, 2.75) is 43.4 Å². The molecule has 1 amide bonds. The summed E-state index contributed by atoms with van der Waals surface area (Å²) in [7, 11) is -8.16. The largest absolute Gasteiger partial charge is 0.507 e. The molecule has 0 spiro atoms. The van der Waals surface area contributed by atoms with Crippen molar-refractivity contribution in [1.82, 2.24) is 9.83 Å². The Morgan fingerprint density at radius 2 is 1.62 bits per heavy atom. The van der Waals surface area contributed by atoms with E-state index in [1.807, 2.05) is 0 Å². The fourth-order valence-electron chi connectivity index (χ4n) is 3.76. The van der Waals surface area contributed by atoms with E-state index in [-0.39, 0.29) is 46.2 Å². The quantitative estimate of drug-likeness (QED) is 0.339. The lowest BCUT2D eigenvalue weighted by Crippen LogP contribution is -2.23. The van der Waals surface area contributed by atoms with Gasteiger partial charge >= 0.3 is 0 Å². The molecule has 2 heterocycles. The van der Waals surface area contributed by atoms with Gasteiger partial charge in [0.2, 0.25) is 0 Å². The van der Waals surface area contributed by atoms with Crippen LogP contribution in [0.4, 0.5) is 0 Å². The van der Waals surface area contributed by atoms with Crippen molar-refractivity contribution >= 4 is 37.3 Å². The Balaban J connectivity index is 2.28. The van der Waals surface area contributed by atoms with Gasteiger partial charge in [-0.2, -0.15) is 5.10 Å². The maximum absolute atomic E-state index is 13.3. The zero-order chi connectivity index (χ0) is 25.1. The molecule has 0 atom stereocenters. The lowest BCUT2D eigenvalue weighted by Gasteiger charge is -2.09. The molecule has 0 aliphatic rings. The average molecular weight is 506 g/mol. The SMILES string of the molecule is CCCS(=O)(=O)c1c(S(=O)(=O)CCC)c2c(C)cccn2c1C(=O)NN=Cc1ccccc1O. The highest BCUT2D eigenvalue weighted by Crippen LogP contribution is 2.35. The van der Waals surface area contributed by atoms with Gasteiger partial charge < -0.3 is 9.51 Å². The molecule has 0 saturated carbocycles. The second-order valence-electron chi connectivity index (χ2n) is 7.81. The number of aromatic nitrogens is 1. The van der Waals surface area contributed by atoms with E-state index >= 15 is 0 Å². The van der Waals surface area contributed by atoms with Crippen molar-refractivity contribution in [2.75, 3.05) is 11.5 Å². The summed E-state index contributed by atoms with van der Waals surface area (Å²) < 4.78 is 54.5. The summed E-state index contributed by atoms with van der Waals surface area (Å²) in [6.45, 7) is 5.01. The maximum Gasteiger partial charge on any atom is 0.289 e. The predicted octanol–water partition coefficient (Wildman–Crippen LogP) is 3.08. The van der Waals surface area contributed by atoms with Gasteiger partial charge in [-0.05, 0) is 43.5 Å². The molecule has 11 heteroatoms. The number of phenols is 1. The third-order valence-corrected chi connectivity index (χ3v) is 9.22. The number of nitrogens with zero attached hydrogens (tertiary/aromatic N) is 2. The molecule has 0 aliphatic heterocycles. The summed E-state index contributed by atoms with van der Waals surface area (Å²) in [6, 6.07) is 9.60. The molecule has 3 aromatic rings. The first-order chi connectivity index (χ1) is 16.0. The van der Waals surface area contributed by atoms with Crippen LogP contribution in [-0.2, 0) is 19.7 Å². The predicted molar refractivity (Wildman–Crippen MR) is 130 cm³/mol. The van der Waals surface area contributed by atoms with Gasteiger partial charge in [-0.3, -0.25) is 4.79 Å². The van der Waals surface area contributed by atoms with Crippen LogP contribution in [0.5, 0.6) is 5.75 Å². The van der Waals surface area contributed by atoms with Crippen LogP contribution in [0.3, 0.4) is 0 Å². The topological polar surface area (TPSA) is 134 Å². The average Bonchev–Trinajstić information content (AvgIpc) is 3.13. The number of hydrazone groups is 1. The van der Waals surface area contributed by atoms with E-state index in [0.29, 0.717) is 11.1 Å². The van der Waals surface area contributed by atoms with Crippen molar-refractivity contribution in [1.29, 1.82) is 0 Å². The van der Waals surface area contributed by atoms with E-state index in [9.17, 15) is 26.7 Å². The summed E-state index contributed by atoms with van der Waals surface area (Å²) in [5.41, 5.74) is 2.96. The third-order valence-electron chi connectivity index (χ3n) is 5.16. The molecule has 1 aromatic carbocycles. The number of hydrogen-bond donors (Lipinski definition) is 2. The van der Waals surface area contributed by atoms with E-state index in [1.54, 1.807) is 51.1 Å². The van der Waals surface area contributed by atoms with Crippen LogP contribution in [0.1, 0.15) is 48.3 Å². The zero-order valence-electron chi connectivity index (χ0n) is 19.1. The number of amides is 1. The molecule has 0 fully saturated rings. The number of carbonyl (C=O) groups is 1. The van der Waals surface area contributed by atoms with Gasteiger partial charge in [-0.25, -0.2) is 22.3 Å². The van der Waals surface area contributed by atoms with Crippen molar-refractivity contribution in [3.05, 3.63) is 59.4 Å². The Morgan fingerprint density at radius 3 is 2.24 bits per heavy atom. The summed E-state index contributed by atoms with van der Waals surface area (Å²) in [5.74, 6) is -1.52. The Bertz CT molecular complexity index is 1470. The molecule has 34 heavy (non-hydrogen) atoms. The number of sulfone groups is 2. The van der Waals surface area contributed by atoms with Crippen LogP contribution in [0, 0.1) is 6.92 Å². The van der Waals surface area contributed by atoms with Crippen LogP contribution in [-0.4, -0.2) is 50.0 Å². The number of hydrogen-bond acceptors (Lipinski definition) is 7. The Morgan fingerprint density at radius 1 is 1.00 bits per heavy atom. The first-order valence-electron chi connectivity index (χ1n) is 10.8. The second-order valence-corrected chi connectivity index (χ2v) is 11.9. The molecular formula is C23H27N3O6S2. The van der Waals surface area contributed by atoms with Crippen LogP contribution in [0.25, 0.3) is 5.52 Å². The Labute approximate surface area is 199 Å². The number of benzene rings is 1. The van der Waals surface area contributed by atoms with E-state index in [2.05, 4.69) is 10.5 Å². The van der Waals surface area contributed by atoms with Crippen molar-refractivity contribution < 1.29 is 26.7 Å². The number of phenolic OH excluding ortho intramolecular Hbond substituents is 1. The van der Waals surface area contributed by atoms with E-state index in [4.69, 9.17) is 0 Å². The highest BCUT2D eigenvalue weighted by atomic mass is 32.2. The van der Waals surface area contributed by atoms with Crippen LogP contribution >= 0.6 is 0 Å². The van der Waals surface area contributed by atoms with Crippen LogP contribution in [0.15, 0.2) is 57.5 Å². The molecule has 2 aromatic heterocycles. The smallest absolute Gasteiger partial charge is 0.289 e. The first-order valence-corrected chi connectivity index (χ1v) is 14.1. The Kier molecular flexibility index (Phi) is 7.47. The third kappa shape index (κ3) is 4.85. The maximum atomic E-state index is 13.3. The van der Waals surface area contributed by atoms with Gasteiger partial charge in [-0.15, -0.1) is 0 Å². The fraction of sp³-hybridized carbons (Fsp3) is 0.304. The highest BCUT2D eigenvalue weighted by molar-refractivity contribution is 7.94. The van der Waals surface area contributed by atoms with E-state index < -0.39 is 30.5 Å². The molecule has 3 rings (SSSR count). The second kappa shape index (κ2) is 9.98. The number of pyridine rings is 1. The van der Waals surface area contributed by atoms with Crippen molar-refractivity contribution in [2.24, 2.45) is 5.10 Å². The number of fused-ring (bicyclic) bond motifs is 1. The highest BCUT2D eigenvalue weighted by Gasteiger charge is 2.37. The first kappa shape index (κ1) is 25.4. The fourth-order valence-corrected chi connectivity index (χ4v) is 7.80. The molecule has 182 valence electrons. The van der Waals surface area contributed by atoms with Crippen molar-refractivity contribution in [3.8, 4) is 5.75 Å². The van der Waals surface area contributed by atoms with Gasteiger partial charge in [0.05, 0.1) is 23.2 Å². The normalized spacial score (nSPS) is 12.4. The lowest BCUT2D eigenvalue weighted by atomic mass is 10.2. The number of aryl methyl sites for hydroxylation is 1. The van der Waals surface area contributed by atoms with Crippen molar-refractivity contribution in [3.63, 3.8) is 0 Å². The summed E-state index contributed by atoms with van der Waals surface area (Å²) in [6.07, 6.45) is 3.20. The minimum absolute atomic E-state index is 0.0524. The van der Waals surface area contributed by atoms with Gasteiger partial charge in [0.15, 0.2) is 19.7 Å².